The van der Waals surface area contributed by atoms with Gasteiger partial charge in [0.15, 0.2) is 5.78 Å². The summed E-state index contributed by atoms with van der Waals surface area (Å²) in [5.74, 6) is 1.83. The maximum Gasteiger partial charge on any atom is 0.173 e. The van der Waals surface area contributed by atoms with E-state index in [0.29, 0.717) is 13.2 Å². The molecule has 0 saturated carbocycles. The number of ether oxygens (including phenoxy) is 2. The maximum atomic E-state index is 15.0. The third-order valence-electron chi connectivity index (χ3n) is 9.97. The van der Waals surface area contributed by atoms with Crippen molar-refractivity contribution < 1.29 is 14.3 Å². The number of aryl methyl sites for hydroxylation is 2. The highest BCUT2D eigenvalue weighted by Crippen LogP contribution is 2.23. The summed E-state index contributed by atoms with van der Waals surface area (Å²) >= 11 is 7.10. The first-order valence-corrected chi connectivity index (χ1v) is 19.2. The normalized spacial score (nSPS) is 17.7. The van der Waals surface area contributed by atoms with E-state index < -0.39 is 12.1 Å². The number of hydrogen-bond donors (Lipinski definition) is 0. The van der Waals surface area contributed by atoms with Gasteiger partial charge in [0.1, 0.15) is 36.8 Å². The Labute approximate surface area is 314 Å². The summed E-state index contributed by atoms with van der Waals surface area (Å²) in [6, 6.07) is 32.4. The van der Waals surface area contributed by atoms with E-state index in [1.807, 2.05) is 36.4 Å². The number of halogens is 2. The highest BCUT2D eigenvalue weighted by molar-refractivity contribution is 9.10. The van der Waals surface area contributed by atoms with Crippen molar-refractivity contribution in [3.63, 3.8) is 0 Å². The Bertz CT molecular complexity index is 1550. The van der Waals surface area contributed by atoms with Crippen molar-refractivity contribution in [2.75, 3.05) is 65.6 Å². The van der Waals surface area contributed by atoms with Crippen LogP contribution in [0.5, 0.6) is 11.5 Å². The third-order valence-corrected chi connectivity index (χ3v) is 11.0. The van der Waals surface area contributed by atoms with E-state index in [-0.39, 0.29) is 5.78 Å². The SMILES string of the molecule is Cc1ccccc1OCC(C(=O)C(COc1ccccc1C)N1CCN(Cc2ccc(Br)cc2)CC1)N1CCN(Cc2ccc(Br)cc2)CC1. The van der Waals surface area contributed by atoms with Crippen molar-refractivity contribution in [2.45, 2.75) is 39.0 Å². The van der Waals surface area contributed by atoms with E-state index in [1.165, 1.54) is 11.1 Å². The summed E-state index contributed by atoms with van der Waals surface area (Å²) < 4.78 is 15.1. The minimum atomic E-state index is -0.393. The number of carbonyl (C=O) groups is 1. The van der Waals surface area contributed by atoms with Gasteiger partial charge < -0.3 is 9.47 Å². The molecule has 9 heteroatoms. The number of ketones is 1. The first-order valence-electron chi connectivity index (χ1n) is 17.6. The van der Waals surface area contributed by atoms with E-state index in [1.54, 1.807) is 0 Å². The van der Waals surface area contributed by atoms with Crippen molar-refractivity contribution in [3.8, 4) is 11.5 Å². The molecule has 2 saturated heterocycles. The molecule has 0 amide bonds. The van der Waals surface area contributed by atoms with Crippen molar-refractivity contribution in [3.05, 3.63) is 128 Å². The van der Waals surface area contributed by atoms with E-state index in [9.17, 15) is 4.79 Å². The van der Waals surface area contributed by atoms with Gasteiger partial charge in [-0.15, -0.1) is 0 Å². The minimum absolute atomic E-state index is 0.176. The smallest absolute Gasteiger partial charge is 0.173 e. The Morgan fingerprint density at radius 3 is 1.28 bits per heavy atom. The van der Waals surface area contributed by atoms with Gasteiger partial charge in [-0.1, -0.05) is 92.5 Å². The zero-order valence-electron chi connectivity index (χ0n) is 29.1. The van der Waals surface area contributed by atoms with Crippen LogP contribution in [-0.2, 0) is 17.9 Å². The van der Waals surface area contributed by atoms with Crippen LogP contribution >= 0.6 is 31.9 Å². The fourth-order valence-corrected chi connectivity index (χ4v) is 7.42. The monoisotopic (exact) mass is 802 g/mol. The number of benzene rings is 4. The van der Waals surface area contributed by atoms with Crippen LogP contribution in [0.15, 0.2) is 106 Å². The lowest BCUT2D eigenvalue weighted by Gasteiger charge is -2.42. The predicted octanol–water partition coefficient (Wildman–Crippen LogP) is 7.23. The molecule has 0 bridgehead atoms. The third kappa shape index (κ3) is 10.0. The first-order chi connectivity index (χ1) is 24.3. The molecule has 4 aromatic rings. The van der Waals surface area contributed by atoms with Gasteiger partial charge in [0.05, 0.1) is 0 Å². The molecule has 6 rings (SSSR count). The van der Waals surface area contributed by atoms with E-state index in [0.717, 1.165) is 97.0 Å². The standard InChI is InChI=1S/C41H48Br2N4O3/c1-31-7-3-5-9-39(31)49-29-37(46-23-19-44(20-24-46)27-33-11-15-35(42)16-12-33)41(48)38(30-50-40-10-6-4-8-32(40)2)47-25-21-45(22-26-47)28-34-13-17-36(43)18-14-34/h3-18,37-38H,19-30H2,1-2H3. The molecule has 7 nitrogen and oxygen atoms in total. The lowest BCUT2D eigenvalue weighted by molar-refractivity contribution is -0.133. The Morgan fingerprint density at radius 1 is 0.560 bits per heavy atom. The quantitative estimate of drug-likeness (QED) is 0.134. The molecule has 0 radical (unpaired) electrons. The largest absolute Gasteiger partial charge is 0.491 e. The molecule has 0 spiro atoms. The van der Waals surface area contributed by atoms with Crippen molar-refractivity contribution in [1.82, 2.24) is 19.6 Å². The fraction of sp³-hybridized carbons (Fsp3) is 0.390. The summed E-state index contributed by atoms with van der Waals surface area (Å²) in [6.07, 6.45) is 0. The van der Waals surface area contributed by atoms with Gasteiger partial charge in [0.2, 0.25) is 0 Å². The summed E-state index contributed by atoms with van der Waals surface area (Å²) in [5, 5.41) is 0. The van der Waals surface area contributed by atoms with Gasteiger partial charge >= 0.3 is 0 Å². The van der Waals surface area contributed by atoms with Gasteiger partial charge in [-0.25, -0.2) is 0 Å². The Morgan fingerprint density at radius 2 is 0.920 bits per heavy atom. The number of Topliss-reactive ketones (excluding diaryl/α,β-unsaturated/α-hetero) is 1. The van der Waals surface area contributed by atoms with Crippen LogP contribution in [0.25, 0.3) is 0 Å². The molecule has 2 fully saturated rings. The number of hydrogen-bond acceptors (Lipinski definition) is 7. The van der Waals surface area contributed by atoms with Crippen LogP contribution in [0.3, 0.4) is 0 Å². The summed E-state index contributed by atoms with van der Waals surface area (Å²) in [7, 11) is 0. The maximum absolute atomic E-state index is 15.0. The topological polar surface area (TPSA) is 48.5 Å². The number of piperazine rings is 2. The van der Waals surface area contributed by atoms with Gasteiger partial charge in [0, 0.05) is 74.4 Å². The molecular weight excluding hydrogens is 756 g/mol. The molecule has 4 aromatic carbocycles. The minimum Gasteiger partial charge on any atom is -0.491 e. The predicted molar refractivity (Wildman–Crippen MR) is 208 cm³/mol. The van der Waals surface area contributed by atoms with Gasteiger partial charge in [-0.2, -0.15) is 0 Å². The number of rotatable bonds is 14. The molecule has 0 aromatic heterocycles. The second-order valence-electron chi connectivity index (χ2n) is 13.5. The van der Waals surface area contributed by atoms with Crippen LogP contribution in [0.4, 0.5) is 0 Å². The zero-order valence-corrected chi connectivity index (χ0v) is 32.3. The van der Waals surface area contributed by atoms with Gasteiger partial charge in [-0.3, -0.25) is 24.4 Å². The van der Waals surface area contributed by atoms with Crippen LogP contribution in [0.1, 0.15) is 22.3 Å². The van der Waals surface area contributed by atoms with Gasteiger partial charge in [-0.05, 0) is 72.5 Å². The zero-order chi connectivity index (χ0) is 34.9. The van der Waals surface area contributed by atoms with Crippen LogP contribution in [0, 0.1) is 13.8 Å². The van der Waals surface area contributed by atoms with E-state index >= 15 is 0 Å². The molecule has 0 N–H and O–H groups in total. The van der Waals surface area contributed by atoms with Crippen molar-refractivity contribution >= 4 is 37.6 Å². The lowest BCUT2D eigenvalue weighted by atomic mass is 10.0. The van der Waals surface area contributed by atoms with Crippen molar-refractivity contribution in [1.29, 1.82) is 0 Å². The second-order valence-corrected chi connectivity index (χ2v) is 15.3. The molecule has 0 aliphatic carbocycles. The molecular formula is C41H48Br2N4O3. The Hall–Kier alpha value is -3.05. The Kier molecular flexibility index (Phi) is 13.2. The Balaban J connectivity index is 1.19. The van der Waals surface area contributed by atoms with Crippen molar-refractivity contribution in [2.24, 2.45) is 0 Å². The average molecular weight is 805 g/mol. The fourth-order valence-electron chi connectivity index (χ4n) is 6.89. The molecule has 264 valence electrons. The van der Waals surface area contributed by atoms with Crippen LogP contribution in [0.2, 0.25) is 0 Å². The summed E-state index contributed by atoms with van der Waals surface area (Å²) in [6.45, 7) is 13.3. The highest BCUT2D eigenvalue weighted by Gasteiger charge is 2.38. The molecule has 2 unspecified atom stereocenters. The molecule has 2 aliphatic heterocycles. The van der Waals surface area contributed by atoms with Crippen LogP contribution in [-0.4, -0.2) is 103 Å². The number of carbonyl (C=O) groups excluding carboxylic acids is 1. The van der Waals surface area contributed by atoms with E-state index in [2.05, 4.69) is 126 Å². The van der Waals surface area contributed by atoms with Gasteiger partial charge in [0.25, 0.3) is 0 Å². The summed E-state index contributed by atoms with van der Waals surface area (Å²) in [5.41, 5.74) is 4.73. The molecule has 2 atom stereocenters. The lowest BCUT2D eigenvalue weighted by Crippen LogP contribution is -2.61. The van der Waals surface area contributed by atoms with E-state index in [4.69, 9.17) is 9.47 Å². The second kappa shape index (κ2) is 17.9. The molecule has 2 heterocycles. The summed E-state index contributed by atoms with van der Waals surface area (Å²) in [4.78, 5) is 24.6. The number of nitrogens with zero attached hydrogens (tertiary/aromatic N) is 4. The number of para-hydroxylation sites is 2. The molecule has 50 heavy (non-hydrogen) atoms. The highest BCUT2D eigenvalue weighted by atomic mass is 79.9. The van der Waals surface area contributed by atoms with Crippen LogP contribution < -0.4 is 9.47 Å². The molecule has 2 aliphatic rings. The average Bonchev–Trinajstić information content (AvgIpc) is 3.13. The first kappa shape index (κ1) is 36.7.